The number of carbonyl (C=O) groups excluding carboxylic acids is 1. The van der Waals surface area contributed by atoms with Crippen molar-refractivity contribution in [1.29, 1.82) is 0 Å². The lowest BCUT2D eigenvalue weighted by Crippen LogP contribution is -2.29. The van der Waals surface area contributed by atoms with E-state index in [1.165, 1.54) is 17.3 Å². The van der Waals surface area contributed by atoms with Crippen molar-refractivity contribution in [3.8, 4) is 17.1 Å². The lowest BCUT2D eigenvalue weighted by Gasteiger charge is -2.13. The number of methoxy groups -OCH3 is 1. The molecule has 0 saturated carbocycles. The van der Waals surface area contributed by atoms with Crippen LogP contribution in [0.3, 0.4) is 0 Å². The van der Waals surface area contributed by atoms with E-state index in [1.54, 1.807) is 13.2 Å². The van der Waals surface area contributed by atoms with Crippen LogP contribution in [0.15, 0.2) is 72.4 Å². The molecule has 1 aromatic heterocycles. The molecule has 0 aliphatic carbocycles. The highest BCUT2D eigenvalue weighted by Crippen LogP contribution is 2.25. The summed E-state index contributed by atoms with van der Waals surface area (Å²) in [6.07, 6.45) is 1.79. The van der Waals surface area contributed by atoms with Crippen molar-refractivity contribution in [2.45, 2.75) is 24.5 Å². The van der Waals surface area contributed by atoms with E-state index in [1.807, 2.05) is 47.0 Å². The van der Waals surface area contributed by atoms with Gasteiger partial charge in [0.2, 0.25) is 5.91 Å². The molecule has 7 heteroatoms. The Morgan fingerprint density at radius 3 is 2.60 bits per heavy atom. The molecule has 0 unspecified atom stereocenters. The van der Waals surface area contributed by atoms with E-state index in [4.69, 9.17) is 4.74 Å². The van der Waals surface area contributed by atoms with Gasteiger partial charge in [0, 0.05) is 18.7 Å². The maximum atomic E-state index is 12.3. The van der Waals surface area contributed by atoms with Gasteiger partial charge in [-0.2, -0.15) is 0 Å². The van der Waals surface area contributed by atoms with Crippen LogP contribution >= 0.6 is 11.8 Å². The van der Waals surface area contributed by atoms with E-state index < -0.39 is 0 Å². The Kier molecular flexibility index (Phi) is 7.68. The van der Waals surface area contributed by atoms with Crippen LogP contribution in [0.25, 0.3) is 11.4 Å². The van der Waals surface area contributed by atoms with E-state index in [-0.39, 0.29) is 17.6 Å². The molecule has 156 valence electrons. The lowest BCUT2D eigenvalue weighted by atomic mass is 10.0. The maximum Gasteiger partial charge on any atom is 0.230 e. The summed E-state index contributed by atoms with van der Waals surface area (Å²) in [6.45, 7) is 7.08. The third-order valence-corrected chi connectivity index (χ3v) is 5.65. The molecule has 6 nitrogen and oxygen atoms in total. The number of allylic oxidation sites excluding steroid dienone is 1. The Bertz CT molecular complexity index is 971. The fourth-order valence-corrected chi connectivity index (χ4v) is 3.77. The van der Waals surface area contributed by atoms with Crippen LogP contribution < -0.4 is 10.1 Å². The molecular formula is C23H26N4O2S. The number of amides is 1. The SMILES string of the molecule is C=CCn1c(SCC(=O)NC[C@@H](C)c2ccccc2)nnc1-c1ccc(OC)cc1. The standard InChI is InChI=1S/C23H26N4O2S/c1-4-14-27-22(19-10-12-20(29-3)13-11-19)25-26-23(27)30-16-21(28)24-15-17(2)18-8-6-5-7-9-18/h4-13,17H,1,14-16H2,2-3H3,(H,24,28)/t17-/m1/s1. The first-order valence-corrected chi connectivity index (χ1v) is 10.7. The molecule has 3 aromatic rings. The van der Waals surface area contributed by atoms with Gasteiger partial charge in [-0.1, -0.05) is 55.1 Å². The van der Waals surface area contributed by atoms with Crippen molar-refractivity contribution >= 4 is 17.7 Å². The molecule has 0 aliphatic heterocycles. The minimum Gasteiger partial charge on any atom is -0.497 e. The molecule has 2 aromatic carbocycles. The predicted octanol–water partition coefficient (Wildman–Crippen LogP) is 4.15. The number of thioether (sulfide) groups is 1. The number of benzene rings is 2. The molecule has 1 heterocycles. The summed E-state index contributed by atoms with van der Waals surface area (Å²) in [4.78, 5) is 12.3. The van der Waals surface area contributed by atoms with Gasteiger partial charge in [-0.25, -0.2) is 0 Å². The number of aromatic nitrogens is 3. The zero-order valence-corrected chi connectivity index (χ0v) is 18.1. The van der Waals surface area contributed by atoms with Gasteiger partial charge in [-0.15, -0.1) is 16.8 Å². The number of hydrogen-bond donors (Lipinski definition) is 1. The normalized spacial score (nSPS) is 11.7. The second-order valence-electron chi connectivity index (χ2n) is 6.84. The average molecular weight is 423 g/mol. The molecule has 1 N–H and O–H groups in total. The quantitative estimate of drug-likeness (QED) is 0.393. The van der Waals surface area contributed by atoms with Crippen LogP contribution in [-0.2, 0) is 11.3 Å². The van der Waals surface area contributed by atoms with Crippen molar-refractivity contribution in [3.63, 3.8) is 0 Å². The number of carbonyl (C=O) groups is 1. The highest BCUT2D eigenvalue weighted by atomic mass is 32.2. The van der Waals surface area contributed by atoms with E-state index in [0.717, 1.165) is 17.1 Å². The molecule has 0 fully saturated rings. The van der Waals surface area contributed by atoms with E-state index in [0.29, 0.717) is 18.2 Å². The first-order chi connectivity index (χ1) is 14.6. The molecule has 0 radical (unpaired) electrons. The Balaban J connectivity index is 1.61. The third-order valence-electron chi connectivity index (χ3n) is 4.68. The summed E-state index contributed by atoms with van der Waals surface area (Å²) in [5.74, 6) is 2.02. The predicted molar refractivity (Wildman–Crippen MR) is 121 cm³/mol. The van der Waals surface area contributed by atoms with Gasteiger partial charge in [-0.3, -0.25) is 9.36 Å². The van der Waals surface area contributed by atoms with Crippen LogP contribution in [0.5, 0.6) is 5.75 Å². The first kappa shape index (κ1) is 21.6. The van der Waals surface area contributed by atoms with E-state index in [9.17, 15) is 4.79 Å². The molecular weight excluding hydrogens is 396 g/mol. The molecule has 1 atom stereocenters. The van der Waals surface area contributed by atoms with E-state index >= 15 is 0 Å². The minimum atomic E-state index is -0.0260. The molecule has 3 rings (SSSR count). The molecule has 0 aliphatic rings. The van der Waals surface area contributed by atoms with Gasteiger partial charge in [0.05, 0.1) is 12.9 Å². The summed E-state index contributed by atoms with van der Waals surface area (Å²) in [5, 5.41) is 12.3. The van der Waals surface area contributed by atoms with Crippen molar-refractivity contribution in [2.75, 3.05) is 19.4 Å². The number of hydrogen-bond acceptors (Lipinski definition) is 5. The van der Waals surface area contributed by atoms with Crippen LogP contribution in [0.4, 0.5) is 0 Å². The Hall–Kier alpha value is -3.06. The number of rotatable bonds is 10. The summed E-state index contributed by atoms with van der Waals surface area (Å²) < 4.78 is 7.17. The third kappa shape index (κ3) is 5.51. The van der Waals surface area contributed by atoms with Crippen LogP contribution in [0.1, 0.15) is 18.4 Å². The maximum absolute atomic E-state index is 12.3. The van der Waals surface area contributed by atoms with Crippen molar-refractivity contribution in [1.82, 2.24) is 20.1 Å². The second kappa shape index (κ2) is 10.6. The van der Waals surface area contributed by atoms with Gasteiger partial charge < -0.3 is 10.1 Å². The molecule has 0 bridgehead atoms. The van der Waals surface area contributed by atoms with Crippen LogP contribution in [-0.4, -0.2) is 40.1 Å². The Labute approximate surface area is 181 Å². The zero-order chi connectivity index (χ0) is 21.3. The molecule has 0 saturated heterocycles. The summed E-state index contributed by atoms with van der Waals surface area (Å²) in [7, 11) is 1.63. The van der Waals surface area contributed by atoms with Gasteiger partial charge in [-0.05, 0) is 35.7 Å². The fourth-order valence-electron chi connectivity index (χ4n) is 2.99. The van der Waals surface area contributed by atoms with Crippen molar-refractivity contribution in [2.24, 2.45) is 0 Å². The number of nitrogens with one attached hydrogen (secondary N) is 1. The van der Waals surface area contributed by atoms with Crippen molar-refractivity contribution in [3.05, 3.63) is 72.8 Å². The molecule has 0 spiro atoms. The fraction of sp³-hybridized carbons (Fsp3) is 0.261. The van der Waals surface area contributed by atoms with E-state index in [2.05, 4.69) is 41.1 Å². The Morgan fingerprint density at radius 2 is 1.93 bits per heavy atom. The highest BCUT2D eigenvalue weighted by Gasteiger charge is 2.15. The second-order valence-corrected chi connectivity index (χ2v) is 7.78. The Morgan fingerprint density at radius 1 is 1.20 bits per heavy atom. The van der Waals surface area contributed by atoms with Crippen LogP contribution in [0, 0.1) is 0 Å². The monoisotopic (exact) mass is 422 g/mol. The van der Waals surface area contributed by atoms with Crippen LogP contribution in [0.2, 0.25) is 0 Å². The minimum absolute atomic E-state index is 0.0260. The smallest absolute Gasteiger partial charge is 0.230 e. The zero-order valence-electron chi connectivity index (χ0n) is 17.2. The summed E-state index contributed by atoms with van der Waals surface area (Å²) >= 11 is 1.37. The number of nitrogens with zero attached hydrogens (tertiary/aromatic N) is 3. The van der Waals surface area contributed by atoms with Gasteiger partial charge in [0.25, 0.3) is 0 Å². The molecule has 1 amide bonds. The largest absolute Gasteiger partial charge is 0.497 e. The topological polar surface area (TPSA) is 69.0 Å². The van der Waals surface area contributed by atoms with Gasteiger partial charge in [0.1, 0.15) is 5.75 Å². The van der Waals surface area contributed by atoms with Gasteiger partial charge in [0.15, 0.2) is 11.0 Å². The van der Waals surface area contributed by atoms with Crippen molar-refractivity contribution < 1.29 is 9.53 Å². The average Bonchev–Trinajstić information content (AvgIpc) is 3.19. The lowest BCUT2D eigenvalue weighted by molar-refractivity contribution is -0.118. The molecule has 30 heavy (non-hydrogen) atoms. The summed E-state index contributed by atoms with van der Waals surface area (Å²) in [6, 6.07) is 17.8. The number of ether oxygens (including phenoxy) is 1. The summed E-state index contributed by atoms with van der Waals surface area (Å²) in [5.41, 5.74) is 2.14. The van der Waals surface area contributed by atoms with Gasteiger partial charge >= 0.3 is 0 Å². The first-order valence-electron chi connectivity index (χ1n) is 9.75. The highest BCUT2D eigenvalue weighted by molar-refractivity contribution is 7.99.